The lowest BCUT2D eigenvalue weighted by Crippen LogP contribution is -2.49. The Morgan fingerprint density at radius 3 is 2.48 bits per heavy atom. The molecule has 2 heterocycles. The van der Waals surface area contributed by atoms with Crippen molar-refractivity contribution in [3.8, 4) is 0 Å². The van der Waals surface area contributed by atoms with Crippen molar-refractivity contribution in [2.45, 2.75) is 38.3 Å². The van der Waals surface area contributed by atoms with Crippen LogP contribution < -0.4 is 5.32 Å². The Hall–Kier alpha value is -0.520. The molecule has 1 N–H and O–H groups in total. The highest BCUT2D eigenvalue weighted by Gasteiger charge is 2.27. The second-order valence-electron chi connectivity index (χ2n) is 6.58. The maximum absolute atomic E-state index is 12.6. The number of benzene rings is 1. The summed E-state index contributed by atoms with van der Waals surface area (Å²) < 4.78 is 0. The molecule has 142 valence electrons. The maximum atomic E-state index is 12.6. The van der Waals surface area contributed by atoms with Crippen LogP contribution in [0.25, 0.3) is 0 Å². The molecular formula is C18H28Cl3N3O. The Balaban J connectivity index is 0.00000156. The van der Waals surface area contributed by atoms with Gasteiger partial charge in [0.15, 0.2) is 0 Å². The van der Waals surface area contributed by atoms with Crippen LogP contribution in [0.15, 0.2) is 24.3 Å². The molecule has 1 atom stereocenters. The normalized spacial score (nSPS) is 21.6. The van der Waals surface area contributed by atoms with E-state index in [1.807, 2.05) is 12.1 Å². The molecule has 0 radical (unpaired) electrons. The third-order valence-corrected chi connectivity index (χ3v) is 5.08. The van der Waals surface area contributed by atoms with Crippen LogP contribution in [0.4, 0.5) is 0 Å². The molecule has 4 nitrogen and oxygen atoms in total. The van der Waals surface area contributed by atoms with Crippen molar-refractivity contribution in [1.82, 2.24) is 15.1 Å². The van der Waals surface area contributed by atoms with E-state index in [2.05, 4.69) is 27.2 Å². The quantitative estimate of drug-likeness (QED) is 0.833. The van der Waals surface area contributed by atoms with Crippen LogP contribution in [0, 0.1) is 0 Å². The first-order valence-electron chi connectivity index (χ1n) is 8.71. The lowest BCUT2D eigenvalue weighted by molar-refractivity contribution is -0.133. The fourth-order valence-electron chi connectivity index (χ4n) is 3.48. The van der Waals surface area contributed by atoms with Gasteiger partial charge >= 0.3 is 0 Å². The van der Waals surface area contributed by atoms with Crippen molar-refractivity contribution in [1.29, 1.82) is 0 Å². The molecule has 2 aliphatic heterocycles. The van der Waals surface area contributed by atoms with Gasteiger partial charge in [0.2, 0.25) is 5.91 Å². The minimum Gasteiger partial charge on any atom is -0.340 e. The monoisotopic (exact) mass is 407 g/mol. The van der Waals surface area contributed by atoms with Gasteiger partial charge in [-0.3, -0.25) is 9.69 Å². The smallest absolute Gasteiger partial charge is 0.239 e. The van der Waals surface area contributed by atoms with E-state index in [0.717, 1.165) is 57.1 Å². The molecule has 1 aromatic carbocycles. The highest BCUT2D eigenvalue weighted by Crippen LogP contribution is 2.15. The summed E-state index contributed by atoms with van der Waals surface area (Å²) in [7, 11) is 0. The Kier molecular flexibility index (Phi) is 10.1. The van der Waals surface area contributed by atoms with Gasteiger partial charge in [-0.15, -0.1) is 24.8 Å². The van der Waals surface area contributed by atoms with Crippen LogP contribution in [0.1, 0.15) is 31.2 Å². The van der Waals surface area contributed by atoms with Crippen molar-refractivity contribution >= 4 is 42.3 Å². The number of halogens is 3. The summed E-state index contributed by atoms with van der Waals surface area (Å²) in [6.45, 7) is 5.62. The van der Waals surface area contributed by atoms with Crippen molar-refractivity contribution < 1.29 is 4.79 Å². The summed E-state index contributed by atoms with van der Waals surface area (Å²) in [6, 6.07) is 8.11. The SMILES string of the molecule is Cl.Cl.O=C([C@H]1CCCCN1)N1CCCN(Cc2ccc(Cl)cc2)CC1. The van der Waals surface area contributed by atoms with Crippen molar-refractivity contribution in [3.63, 3.8) is 0 Å². The van der Waals surface area contributed by atoms with E-state index in [9.17, 15) is 4.79 Å². The summed E-state index contributed by atoms with van der Waals surface area (Å²) >= 11 is 5.94. The Bertz CT molecular complexity index is 521. The zero-order valence-electron chi connectivity index (χ0n) is 14.5. The van der Waals surface area contributed by atoms with Crippen LogP contribution in [-0.2, 0) is 11.3 Å². The fraction of sp³-hybridized carbons (Fsp3) is 0.611. The molecule has 1 amide bonds. The first-order chi connectivity index (χ1) is 11.2. The molecule has 2 aliphatic rings. The Morgan fingerprint density at radius 1 is 1.04 bits per heavy atom. The maximum Gasteiger partial charge on any atom is 0.239 e. The first kappa shape index (κ1) is 22.5. The molecule has 3 rings (SSSR count). The summed E-state index contributed by atoms with van der Waals surface area (Å²) in [5.74, 6) is 0.304. The predicted octanol–water partition coefficient (Wildman–Crippen LogP) is 3.36. The van der Waals surface area contributed by atoms with Gasteiger partial charge in [0, 0.05) is 37.7 Å². The van der Waals surface area contributed by atoms with Gasteiger partial charge < -0.3 is 10.2 Å². The highest BCUT2D eigenvalue weighted by atomic mass is 35.5. The lowest BCUT2D eigenvalue weighted by atomic mass is 10.0. The van der Waals surface area contributed by atoms with E-state index in [4.69, 9.17) is 11.6 Å². The number of rotatable bonds is 3. The molecule has 2 fully saturated rings. The molecule has 7 heteroatoms. The molecule has 0 bridgehead atoms. The zero-order valence-corrected chi connectivity index (χ0v) is 16.8. The van der Waals surface area contributed by atoms with Crippen LogP contribution in [0.2, 0.25) is 5.02 Å². The third kappa shape index (κ3) is 6.61. The van der Waals surface area contributed by atoms with E-state index in [0.29, 0.717) is 5.91 Å². The van der Waals surface area contributed by atoms with Crippen LogP contribution in [0.5, 0.6) is 0 Å². The third-order valence-electron chi connectivity index (χ3n) is 4.83. The minimum absolute atomic E-state index is 0. The van der Waals surface area contributed by atoms with Gasteiger partial charge in [0.1, 0.15) is 0 Å². The number of piperidine rings is 1. The zero-order chi connectivity index (χ0) is 16.1. The summed E-state index contributed by atoms with van der Waals surface area (Å²) in [6.07, 6.45) is 4.40. The molecule has 0 unspecified atom stereocenters. The van der Waals surface area contributed by atoms with Gasteiger partial charge in [-0.2, -0.15) is 0 Å². The van der Waals surface area contributed by atoms with E-state index < -0.39 is 0 Å². The van der Waals surface area contributed by atoms with E-state index >= 15 is 0 Å². The standard InChI is InChI=1S/C18H26ClN3O.2ClH/c19-16-7-5-15(6-8-16)14-21-10-3-11-22(13-12-21)18(23)17-4-1-2-9-20-17;;/h5-8,17,20H,1-4,9-14H2;2*1H/t17-;;/m1../s1. The second kappa shape index (κ2) is 11.2. The highest BCUT2D eigenvalue weighted by molar-refractivity contribution is 6.30. The largest absolute Gasteiger partial charge is 0.340 e. The van der Waals surface area contributed by atoms with Gasteiger partial charge in [0.05, 0.1) is 6.04 Å². The van der Waals surface area contributed by atoms with Gasteiger partial charge in [-0.25, -0.2) is 0 Å². The van der Waals surface area contributed by atoms with E-state index in [-0.39, 0.29) is 30.9 Å². The molecule has 2 saturated heterocycles. The number of carbonyl (C=O) groups is 1. The van der Waals surface area contributed by atoms with Gasteiger partial charge in [-0.05, 0) is 43.5 Å². The predicted molar refractivity (Wildman–Crippen MR) is 108 cm³/mol. The minimum atomic E-state index is 0. The Morgan fingerprint density at radius 2 is 1.80 bits per heavy atom. The van der Waals surface area contributed by atoms with Crippen LogP contribution >= 0.6 is 36.4 Å². The lowest BCUT2D eigenvalue weighted by Gasteiger charge is -2.29. The molecule has 0 aromatic heterocycles. The summed E-state index contributed by atoms with van der Waals surface area (Å²) in [4.78, 5) is 17.1. The van der Waals surface area contributed by atoms with Crippen LogP contribution in [-0.4, -0.2) is 54.5 Å². The number of nitrogens with zero attached hydrogens (tertiary/aromatic N) is 2. The topological polar surface area (TPSA) is 35.6 Å². The average Bonchev–Trinajstić information content (AvgIpc) is 2.83. The molecule has 25 heavy (non-hydrogen) atoms. The van der Waals surface area contributed by atoms with Crippen molar-refractivity contribution in [3.05, 3.63) is 34.9 Å². The molecule has 1 aromatic rings. The average molecular weight is 409 g/mol. The Labute approximate surface area is 168 Å². The van der Waals surface area contributed by atoms with E-state index in [1.54, 1.807) is 0 Å². The molecular weight excluding hydrogens is 381 g/mol. The molecule has 0 spiro atoms. The summed E-state index contributed by atoms with van der Waals surface area (Å²) in [5, 5.41) is 4.15. The number of carbonyl (C=O) groups excluding carboxylic acids is 1. The summed E-state index contributed by atoms with van der Waals surface area (Å²) in [5.41, 5.74) is 1.28. The van der Waals surface area contributed by atoms with Crippen LogP contribution in [0.3, 0.4) is 0 Å². The fourth-order valence-corrected chi connectivity index (χ4v) is 3.61. The van der Waals surface area contributed by atoms with Crippen molar-refractivity contribution in [2.75, 3.05) is 32.7 Å². The second-order valence-corrected chi connectivity index (χ2v) is 7.02. The van der Waals surface area contributed by atoms with Gasteiger partial charge in [-0.1, -0.05) is 30.2 Å². The number of amides is 1. The molecule has 0 saturated carbocycles. The number of nitrogens with one attached hydrogen (secondary N) is 1. The first-order valence-corrected chi connectivity index (χ1v) is 9.09. The number of hydrogen-bond donors (Lipinski definition) is 1. The van der Waals surface area contributed by atoms with Gasteiger partial charge in [0.25, 0.3) is 0 Å². The number of hydrogen-bond acceptors (Lipinski definition) is 3. The van der Waals surface area contributed by atoms with E-state index in [1.165, 1.54) is 18.4 Å². The van der Waals surface area contributed by atoms with Crippen molar-refractivity contribution in [2.24, 2.45) is 0 Å². The molecule has 0 aliphatic carbocycles.